The van der Waals surface area contributed by atoms with Crippen molar-refractivity contribution in [1.82, 2.24) is 4.98 Å². The van der Waals surface area contributed by atoms with Crippen molar-refractivity contribution >= 4 is 12.6 Å². The molecule has 0 radical (unpaired) electrons. The monoisotopic (exact) mass is 233 g/mol. The van der Waals surface area contributed by atoms with Gasteiger partial charge in [-0.05, 0) is 19.9 Å². The molecule has 0 bridgehead atoms. The standard InChI is InChI=1S/C9H11BF3NO2/c1-8(2,9(11,12)13)7-4-3-6(5-14-7)10(15)16/h3-5,15-16H,1-2H3. The number of pyridine rings is 1. The highest BCUT2D eigenvalue weighted by Gasteiger charge is 2.49. The first-order valence-electron chi connectivity index (χ1n) is 4.55. The van der Waals surface area contributed by atoms with E-state index in [1.54, 1.807) is 0 Å². The van der Waals surface area contributed by atoms with Crippen molar-refractivity contribution in [3.63, 3.8) is 0 Å². The summed E-state index contributed by atoms with van der Waals surface area (Å²) in [6.45, 7) is 2.04. The summed E-state index contributed by atoms with van der Waals surface area (Å²) in [6, 6.07) is 2.35. The maximum Gasteiger partial charge on any atom is 0.490 e. The van der Waals surface area contributed by atoms with E-state index in [1.807, 2.05) is 0 Å². The van der Waals surface area contributed by atoms with Crippen LogP contribution >= 0.6 is 0 Å². The zero-order chi connectivity index (χ0) is 12.6. The number of alkyl halides is 3. The van der Waals surface area contributed by atoms with Crippen LogP contribution in [0.5, 0.6) is 0 Å². The van der Waals surface area contributed by atoms with Gasteiger partial charge in [-0.2, -0.15) is 13.2 Å². The van der Waals surface area contributed by atoms with Crippen LogP contribution in [0.25, 0.3) is 0 Å². The van der Waals surface area contributed by atoms with Gasteiger partial charge < -0.3 is 10.0 Å². The van der Waals surface area contributed by atoms with E-state index in [0.29, 0.717) is 0 Å². The Balaban J connectivity index is 3.07. The van der Waals surface area contributed by atoms with Gasteiger partial charge in [0.1, 0.15) is 5.41 Å². The third-order valence-corrected chi connectivity index (χ3v) is 2.43. The summed E-state index contributed by atoms with van der Waals surface area (Å²) < 4.78 is 37.9. The van der Waals surface area contributed by atoms with E-state index >= 15 is 0 Å². The molecular formula is C9H11BF3NO2. The summed E-state index contributed by atoms with van der Waals surface area (Å²) in [6.07, 6.45) is -3.38. The largest absolute Gasteiger partial charge is 0.490 e. The minimum absolute atomic E-state index is 0.0572. The smallest absolute Gasteiger partial charge is 0.423 e. The first kappa shape index (κ1) is 13.0. The molecule has 7 heteroatoms. The van der Waals surface area contributed by atoms with E-state index in [2.05, 4.69) is 4.98 Å². The van der Waals surface area contributed by atoms with E-state index < -0.39 is 18.7 Å². The Morgan fingerprint density at radius 1 is 1.19 bits per heavy atom. The van der Waals surface area contributed by atoms with Gasteiger partial charge in [0.25, 0.3) is 0 Å². The molecule has 1 aromatic heterocycles. The van der Waals surface area contributed by atoms with Gasteiger partial charge in [0, 0.05) is 11.7 Å². The fraction of sp³-hybridized carbons (Fsp3) is 0.444. The number of halogens is 3. The molecule has 16 heavy (non-hydrogen) atoms. The number of rotatable bonds is 2. The van der Waals surface area contributed by atoms with Crippen LogP contribution in [0.3, 0.4) is 0 Å². The quantitative estimate of drug-likeness (QED) is 0.735. The lowest BCUT2D eigenvalue weighted by molar-refractivity contribution is -0.181. The van der Waals surface area contributed by atoms with Crippen molar-refractivity contribution < 1.29 is 23.2 Å². The molecule has 0 amide bonds. The Morgan fingerprint density at radius 2 is 1.75 bits per heavy atom. The first-order chi connectivity index (χ1) is 7.16. The molecule has 88 valence electrons. The average molecular weight is 233 g/mol. The van der Waals surface area contributed by atoms with Gasteiger partial charge in [0.15, 0.2) is 0 Å². The average Bonchev–Trinajstić information content (AvgIpc) is 2.16. The molecule has 0 aromatic carbocycles. The lowest BCUT2D eigenvalue weighted by atomic mass is 9.80. The third-order valence-electron chi connectivity index (χ3n) is 2.43. The molecule has 0 aliphatic heterocycles. The summed E-state index contributed by atoms with van der Waals surface area (Å²) >= 11 is 0. The van der Waals surface area contributed by atoms with Crippen molar-refractivity contribution in [1.29, 1.82) is 0 Å². The van der Waals surface area contributed by atoms with Gasteiger partial charge >= 0.3 is 13.3 Å². The second-order valence-electron chi connectivity index (χ2n) is 3.97. The van der Waals surface area contributed by atoms with E-state index in [4.69, 9.17) is 10.0 Å². The molecule has 1 rings (SSSR count). The minimum Gasteiger partial charge on any atom is -0.423 e. The van der Waals surface area contributed by atoms with Crippen LogP contribution in [0, 0.1) is 0 Å². The van der Waals surface area contributed by atoms with Gasteiger partial charge in [0.05, 0.1) is 5.69 Å². The Labute approximate surface area is 91.1 Å². The molecule has 1 aromatic rings. The van der Waals surface area contributed by atoms with E-state index in [-0.39, 0.29) is 11.2 Å². The van der Waals surface area contributed by atoms with Crippen LogP contribution in [0.2, 0.25) is 0 Å². The molecule has 0 unspecified atom stereocenters. The van der Waals surface area contributed by atoms with Crippen molar-refractivity contribution in [3.8, 4) is 0 Å². The summed E-state index contributed by atoms with van der Waals surface area (Å²) in [5, 5.41) is 17.5. The van der Waals surface area contributed by atoms with Crippen LogP contribution in [0.1, 0.15) is 19.5 Å². The number of hydrogen-bond acceptors (Lipinski definition) is 3. The summed E-state index contributed by atoms with van der Waals surface area (Å²) in [7, 11) is -1.73. The molecule has 0 aliphatic rings. The summed E-state index contributed by atoms with van der Waals surface area (Å²) in [5.74, 6) is 0. The molecular weight excluding hydrogens is 222 g/mol. The lowest BCUT2D eigenvalue weighted by Gasteiger charge is -2.27. The van der Waals surface area contributed by atoms with E-state index in [9.17, 15) is 13.2 Å². The zero-order valence-electron chi connectivity index (χ0n) is 8.78. The second-order valence-corrected chi connectivity index (χ2v) is 3.97. The lowest BCUT2D eigenvalue weighted by Crippen LogP contribution is -2.38. The van der Waals surface area contributed by atoms with Gasteiger partial charge in [-0.3, -0.25) is 4.98 Å². The highest BCUT2D eigenvalue weighted by molar-refractivity contribution is 6.58. The molecule has 0 atom stereocenters. The molecule has 3 nitrogen and oxygen atoms in total. The topological polar surface area (TPSA) is 53.4 Å². The van der Waals surface area contributed by atoms with E-state index in [1.165, 1.54) is 6.07 Å². The molecule has 0 aliphatic carbocycles. The minimum atomic E-state index is -4.40. The Hall–Kier alpha value is -1.08. The second kappa shape index (κ2) is 4.06. The maximum absolute atomic E-state index is 12.6. The summed E-state index contributed by atoms with van der Waals surface area (Å²) in [5.41, 5.74) is -2.17. The Bertz CT molecular complexity index is 362. The van der Waals surface area contributed by atoms with Crippen molar-refractivity contribution in [2.75, 3.05) is 0 Å². The zero-order valence-corrected chi connectivity index (χ0v) is 8.78. The predicted octanol–water partition coefficient (Wildman–Crippen LogP) is 0.601. The van der Waals surface area contributed by atoms with Crippen molar-refractivity contribution in [3.05, 3.63) is 24.0 Å². The number of nitrogens with zero attached hydrogens (tertiary/aromatic N) is 1. The Kier molecular flexibility index (Phi) is 3.30. The van der Waals surface area contributed by atoms with Crippen molar-refractivity contribution in [2.24, 2.45) is 0 Å². The first-order valence-corrected chi connectivity index (χ1v) is 4.55. The maximum atomic E-state index is 12.6. The fourth-order valence-corrected chi connectivity index (χ4v) is 1.07. The molecule has 0 spiro atoms. The SMILES string of the molecule is CC(C)(c1ccc(B(O)O)cn1)C(F)(F)F. The Morgan fingerprint density at radius 3 is 2.06 bits per heavy atom. The van der Waals surface area contributed by atoms with Crippen LogP contribution < -0.4 is 5.46 Å². The number of hydrogen-bond donors (Lipinski definition) is 2. The van der Waals surface area contributed by atoms with Gasteiger partial charge in [-0.1, -0.05) is 6.07 Å². The van der Waals surface area contributed by atoms with E-state index in [0.717, 1.165) is 26.1 Å². The molecule has 0 saturated heterocycles. The van der Waals surface area contributed by atoms with Gasteiger partial charge in [-0.25, -0.2) is 0 Å². The fourth-order valence-electron chi connectivity index (χ4n) is 1.07. The molecule has 2 N–H and O–H groups in total. The van der Waals surface area contributed by atoms with Crippen LogP contribution in [0.15, 0.2) is 18.3 Å². The van der Waals surface area contributed by atoms with Gasteiger partial charge in [0.2, 0.25) is 0 Å². The van der Waals surface area contributed by atoms with Crippen LogP contribution in [0.4, 0.5) is 13.2 Å². The highest BCUT2D eigenvalue weighted by Crippen LogP contribution is 2.38. The summed E-state index contributed by atoms with van der Waals surface area (Å²) in [4.78, 5) is 3.60. The van der Waals surface area contributed by atoms with Crippen LogP contribution in [-0.2, 0) is 5.41 Å². The highest BCUT2D eigenvalue weighted by atomic mass is 19.4. The molecule has 0 fully saturated rings. The normalized spacial score (nSPS) is 12.7. The predicted molar refractivity (Wildman–Crippen MR) is 53.1 cm³/mol. The molecule has 1 heterocycles. The van der Waals surface area contributed by atoms with Crippen LogP contribution in [-0.4, -0.2) is 28.3 Å². The number of aromatic nitrogens is 1. The van der Waals surface area contributed by atoms with Gasteiger partial charge in [-0.15, -0.1) is 0 Å². The third kappa shape index (κ3) is 2.36. The van der Waals surface area contributed by atoms with Crippen molar-refractivity contribution in [2.45, 2.75) is 25.4 Å². The molecule has 0 saturated carbocycles.